The van der Waals surface area contributed by atoms with Crippen LogP contribution in [-0.4, -0.2) is 24.4 Å². The van der Waals surface area contributed by atoms with Crippen LogP contribution >= 0.6 is 0 Å². The summed E-state index contributed by atoms with van der Waals surface area (Å²) in [5.41, 5.74) is 5.32. The predicted octanol–water partition coefficient (Wildman–Crippen LogP) is 5.29. The minimum atomic E-state index is -0.425. The molecule has 0 aromatic heterocycles. The molecule has 5 nitrogen and oxygen atoms in total. The third-order valence-corrected chi connectivity index (χ3v) is 7.47. The van der Waals surface area contributed by atoms with E-state index in [-0.39, 0.29) is 30.3 Å². The fraction of sp³-hybridized carbons (Fsp3) is 0.194. The van der Waals surface area contributed by atoms with Gasteiger partial charge in [0.2, 0.25) is 11.8 Å². The van der Waals surface area contributed by atoms with Crippen molar-refractivity contribution < 1.29 is 19.1 Å². The molecule has 3 aromatic carbocycles. The highest BCUT2D eigenvalue weighted by atomic mass is 16.5. The summed E-state index contributed by atoms with van der Waals surface area (Å²) in [6.45, 7) is 2.03. The molecular weight excluding hydrogens is 450 g/mol. The molecule has 0 radical (unpaired) electrons. The normalized spacial score (nSPS) is 23.8. The van der Waals surface area contributed by atoms with Gasteiger partial charge in [0.25, 0.3) is 0 Å². The molecule has 2 fully saturated rings. The summed E-state index contributed by atoms with van der Waals surface area (Å²) in [6, 6.07) is 26.9. The fourth-order valence-electron chi connectivity index (χ4n) is 6.02. The molecule has 6 rings (SSSR count). The third-order valence-electron chi connectivity index (χ3n) is 7.47. The number of hydrogen-bond donors (Lipinski definition) is 0. The van der Waals surface area contributed by atoms with Crippen molar-refractivity contribution >= 4 is 29.0 Å². The first-order chi connectivity index (χ1) is 17.6. The fourth-order valence-corrected chi connectivity index (χ4v) is 6.02. The minimum absolute atomic E-state index is 0.129. The Balaban J connectivity index is 1.39. The van der Waals surface area contributed by atoms with Crippen molar-refractivity contribution in [3.8, 4) is 0 Å². The topological polar surface area (TPSA) is 63.7 Å². The van der Waals surface area contributed by atoms with Crippen molar-refractivity contribution in [3.63, 3.8) is 0 Å². The van der Waals surface area contributed by atoms with Crippen LogP contribution in [0.25, 0.3) is 5.57 Å². The first-order valence-electron chi connectivity index (χ1n) is 12.3. The van der Waals surface area contributed by atoms with E-state index in [4.69, 9.17) is 4.74 Å². The van der Waals surface area contributed by atoms with Crippen LogP contribution in [0.5, 0.6) is 0 Å². The first kappa shape index (κ1) is 22.2. The highest BCUT2D eigenvalue weighted by molar-refractivity contribution is 6.23. The molecule has 2 bridgehead atoms. The number of rotatable bonds is 5. The van der Waals surface area contributed by atoms with E-state index in [1.54, 1.807) is 31.2 Å². The van der Waals surface area contributed by atoms with Gasteiger partial charge in [0, 0.05) is 11.8 Å². The van der Waals surface area contributed by atoms with Crippen molar-refractivity contribution in [2.75, 3.05) is 11.5 Å². The monoisotopic (exact) mass is 475 g/mol. The lowest BCUT2D eigenvalue weighted by atomic mass is 9.85. The Morgan fingerprint density at radius 2 is 1.22 bits per heavy atom. The van der Waals surface area contributed by atoms with Crippen LogP contribution in [0.3, 0.4) is 0 Å². The molecule has 4 atom stereocenters. The molecule has 2 aliphatic carbocycles. The van der Waals surface area contributed by atoms with Crippen molar-refractivity contribution in [3.05, 3.63) is 119 Å². The van der Waals surface area contributed by atoms with Gasteiger partial charge in [-0.05, 0) is 53.5 Å². The van der Waals surface area contributed by atoms with Gasteiger partial charge in [0.05, 0.1) is 29.7 Å². The van der Waals surface area contributed by atoms with E-state index in [1.807, 2.05) is 36.4 Å². The Bertz CT molecular complexity index is 1330. The number of esters is 1. The van der Waals surface area contributed by atoms with Gasteiger partial charge in [-0.3, -0.25) is 9.59 Å². The van der Waals surface area contributed by atoms with Crippen molar-refractivity contribution in [2.45, 2.75) is 6.92 Å². The van der Waals surface area contributed by atoms with Crippen LogP contribution in [0.2, 0.25) is 0 Å². The second-order valence-electron chi connectivity index (χ2n) is 9.33. The maximum atomic E-state index is 13.7. The summed E-state index contributed by atoms with van der Waals surface area (Å²) in [7, 11) is 0. The molecule has 1 aliphatic heterocycles. The predicted molar refractivity (Wildman–Crippen MR) is 137 cm³/mol. The standard InChI is InChI=1S/C31H25NO4/c1-2-36-31(35)21-13-15-22(16-14-21)32-29(33)27-23-17-18-24(28(27)30(32)34)26(23)25(19-9-5-3-6-10-19)20-11-7-4-8-12-20/h3-18,23-24,27-28H,2H2,1H3/t23-,24-,27-,28+/m1/s1. The van der Waals surface area contributed by atoms with Gasteiger partial charge < -0.3 is 4.74 Å². The summed E-state index contributed by atoms with van der Waals surface area (Å²) in [5.74, 6) is -1.88. The summed E-state index contributed by atoms with van der Waals surface area (Å²) in [5, 5.41) is 0. The molecule has 0 spiro atoms. The Kier molecular flexibility index (Phi) is 5.41. The Labute approximate surface area is 209 Å². The average Bonchev–Trinajstić information content (AvgIpc) is 3.55. The van der Waals surface area contributed by atoms with Crippen molar-refractivity contribution in [1.82, 2.24) is 0 Å². The van der Waals surface area contributed by atoms with E-state index >= 15 is 0 Å². The largest absolute Gasteiger partial charge is 0.462 e. The number of nitrogens with zero attached hydrogens (tertiary/aromatic N) is 1. The average molecular weight is 476 g/mol. The number of imide groups is 1. The first-order valence-corrected chi connectivity index (χ1v) is 12.3. The number of carbonyl (C=O) groups is 3. The number of allylic oxidation sites excluding steroid dienone is 3. The van der Waals surface area contributed by atoms with Gasteiger partial charge in [-0.25, -0.2) is 9.69 Å². The van der Waals surface area contributed by atoms with E-state index in [1.165, 1.54) is 4.90 Å². The highest BCUT2D eigenvalue weighted by Crippen LogP contribution is 2.58. The molecule has 5 heteroatoms. The van der Waals surface area contributed by atoms with Crippen molar-refractivity contribution in [2.24, 2.45) is 23.7 Å². The zero-order valence-corrected chi connectivity index (χ0v) is 19.8. The van der Waals surface area contributed by atoms with Crippen molar-refractivity contribution in [1.29, 1.82) is 0 Å². The minimum Gasteiger partial charge on any atom is -0.462 e. The summed E-state index contributed by atoms with van der Waals surface area (Å²) in [6.07, 6.45) is 4.21. The molecule has 0 N–H and O–H groups in total. The van der Waals surface area contributed by atoms with Crippen LogP contribution in [0.1, 0.15) is 28.4 Å². The zero-order chi connectivity index (χ0) is 24.8. The van der Waals surface area contributed by atoms with E-state index in [2.05, 4.69) is 36.4 Å². The van der Waals surface area contributed by atoms with E-state index in [0.717, 1.165) is 22.3 Å². The molecule has 3 aromatic rings. The number of anilines is 1. The highest BCUT2D eigenvalue weighted by Gasteiger charge is 2.62. The second-order valence-corrected chi connectivity index (χ2v) is 9.33. The van der Waals surface area contributed by atoms with Crippen LogP contribution in [0.4, 0.5) is 5.69 Å². The Morgan fingerprint density at radius 1 is 0.722 bits per heavy atom. The quantitative estimate of drug-likeness (QED) is 0.286. The molecular formula is C31H25NO4. The molecule has 1 saturated heterocycles. The zero-order valence-electron chi connectivity index (χ0n) is 19.8. The maximum Gasteiger partial charge on any atom is 0.338 e. The Hall–Kier alpha value is -4.25. The molecule has 36 heavy (non-hydrogen) atoms. The summed E-state index contributed by atoms with van der Waals surface area (Å²) < 4.78 is 5.04. The lowest BCUT2D eigenvalue weighted by Gasteiger charge is -2.21. The number of amides is 2. The molecule has 1 saturated carbocycles. The van der Waals surface area contributed by atoms with E-state index in [9.17, 15) is 14.4 Å². The van der Waals surface area contributed by atoms with Crippen LogP contribution in [0, 0.1) is 23.7 Å². The Morgan fingerprint density at radius 3 is 1.69 bits per heavy atom. The molecule has 3 aliphatic rings. The van der Waals surface area contributed by atoms with E-state index < -0.39 is 17.8 Å². The molecule has 2 amide bonds. The summed E-state index contributed by atoms with van der Waals surface area (Å²) >= 11 is 0. The summed E-state index contributed by atoms with van der Waals surface area (Å²) in [4.78, 5) is 40.7. The third kappa shape index (κ3) is 3.34. The lowest BCUT2D eigenvalue weighted by molar-refractivity contribution is -0.122. The number of fused-ring (bicyclic) bond motifs is 5. The number of hydrogen-bond acceptors (Lipinski definition) is 4. The van der Waals surface area contributed by atoms with Gasteiger partial charge in [-0.1, -0.05) is 72.8 Å². The van der Waals surface area contributed by atoms with Crippen LogP contribution in [-0.2, 0) is 14.3 Å². The maximum absolute atomic E-state index is 13.7. The molecule has 178 valence electrons. The second kappa shape index (κ2) is 8.76. The molecule has 0 unspecified atom stereocenters. The van der Waals surface area contributed by atoms with Crippen LogP contribution < -0.4 is 4.90 Å². The number of carbonyl (C=O) groups excluding carboxylic acids is 3. The van der Waals surface area contributed by atoms with Gasteiger partial charge >= 0.3 is 5.97 Å². The van der Waals surface area contributed by atoms with Gasteiger partial charge in [-0.15, -0.1) is 0 Å². The van der Waals surface area contributed by atoms with Crippen LogP contribution in [0.15, 0.2) is 103 Å². The van der Waals surface area contributed by atoms with Gasteiger partial charge in [0.1, 0.15) is 0 Å². The van der Waals surface area contributed by atoms with Gasteiger partial charge in [0.15, 0.2) is 0 Å². The van der Waals surface area contributed by atoms with E-state index in [0.29, 0.717) is 11.3 Å². The number of benzene rings is 3. The SMILES string of the molecule is CCOC(=O)c1ccc(N2C(=O)[C@@H]3[C@H](C2=O)[C@@H]2C=C[C@@H]3C2=C(c2ccccc2)c2ccccc2)cc1. The lowest BCUT2D eigenvalue weighted by Crippen LogP contribution is -2.33. The molecule has 1 heterocycles. The smallest absolute Gasteiger partial charge is 0.338 e. The number of ether oxygens (including phenoxy) is 1. The van der Waals surface area contributed by atoms with Gasteiger partial charge in [-0.2, -0.15) is 0 Å².